The van der Waals surface area contributed by atoms with Crippen molar-refractivity contribution >= 4 is 17.0 Å². The van der Waals surface area contributed by atoms with E-state index in [1.165, 1.54) is 55.3 Å². The maximum atomic E-state index is 5.48. The third-order valence-electron chi connectivity index (χ3n) is 7.15. The molecule has 3 aromatic rings. The predicted octanol–water partition coefficient (Wildman–Crippen LogP) is 5.51. The summed E-state index contributed by atoms with van der Waals surface area (Å²) in [6, 6.07) is 9.01. The quantitative estimate of drug-likeness (QED) is 0.461. The highest BCUT2D eigenvalue weighted by Crippen LogP contribution is 2.37. The van der Waals surface area contributed by atoms with Gasteiger partial charge in [-0.2, -0.15) is 0 Å². The van der Waals surface area contributed by atoms with Gasteiger partial charge in [0.1, 0.15) is 0 Å². The van der Waals surface area contributed by atoms with Gasteiger partial charge >= 0.3 is 0 Å². The van der Waals surface area contributed by atoms with Gasteiger partial charge in [0.2, 0.25) is 5.95 Å². The van der Waals surface area contributed by atoms with Gasteiger partial charge < -0.3 is 14.6 Å². The SMILES string of the molecule is CCCCNc1ncc2c(n1)c(C1CCCCC1)cn2-c1ccc(CN2CCOCC2)cc1. The summed E-state index contributed by atoms with van der Waals surface area (Å²) in [4.78, 5) is 12.1. The Morgan fingerprint density at radius 2 is 1.85 bits per heavy atom. The van der Waals surface area contributed by atoms with Crippen molar-refractivity contribution in [1.82, 2.24) is 19.4 Å². The Bertz CT molecular complexity index is 1030. The van der Waals surface area contributed by atoms with Crippen molar-refractivity contribution < 1.29 is 4.74 Å². The first-order valence-corrected chi connectivity index (χ1v) is 12.8. The van der Waals surface area contributed by atoms with Crippen molar-refractivity contribution in [3.63, 3.8) is 0 Å². The molecular weight excluding hydrogens is 410 g/mol. The standard InChI is InChI=1S/C27H37N5O/c1-2-3-13-28-27-29-18-25-26(30-27)24(22-7-5-4-6-8-22)20-32(25)23-11-9-21(10-12-23)19-31-14-16-33-17-15-31/h9-12,18,20,22H,2-8,13-17,19H2,1H3,(H,28,29,30). The van der Waals surface area contributed by atoms with E-state index in [9.17, 15) is 0 Å². The zero-order valence-electron chi connectivity index (χ0n) is 19.9. The molecule has 6 nitrogen and oxygen atoms in total. The van der Waals surface area contributed by atoms with Crippen LogP contribution in [0, 0.1) is 0 Å². The van der Waals surface area contributed by atoms with Gasteiger partial charge in [-0.1, -0.05) is 44.7 Å². The molecule has 0 atom stereocenters. The molecule has 0 bridgehead atoms. The monoisotopic (exact) mass is 447 g/mol. The molecule has 1 aliphatic carbocycles. The molecule has 33 heavy (non-hydrogen) atoms. The average molecular weight is 448 g/mol. The number of hydrogen-bond donors (Lipinski definition) is 1. The van der Waals surface area contributed by atoms with Crippen LogP contribution in [0.5, 0.6) is 0 Å². The summed E-state index contributed by atoms with van der Waals surface area (Å²) >= 11 is 0. The first-order valence-electron chi connectivity index (χ1n) is 12.8. The van der Waals surface area contributed by atoms with Gasteiger partial charge in [-0.25, -0.2) is 9.97 Å². The van der Waals surface area contributed by atoms with Gasteiger partial charge in [-0.15, -0.1) is 0 Å². The van der Waals surface area contributed by atoms with Crippen molar-refractivity contribution in [3.05, 3.63) is 47.8 Å². The molecule has 0 unspecified atom stereocenters. The van der Waals surface area contributed by atoms with Crippen molar-refractivity contribution in [2.24, 2.45) is 0 Å². The van der Waals surface area contributed by atoms with E-state index in [1.54, 1.807) is 0 Å². The second kappa shape index (κ2) is 10.7. The zero-order valence-corrected chi connectivity index (χ0v) is 19.9. The van der Waals surface area contributed by atoms with Crippen LogP contribution in [0.4, 0.5) is 5.95 Å². The van der Waals surface area contributed by atoms with Crippen LogP contribution in [0.25, 0.3) is 16.7 Å². The van der Waals surface area contributed by atoms with Crippen LogP contribution < -0.4 is 5.32 Å². The summed E-state index contributed by atoms with van der Waals surface area (Å²) in [6.07, 6.45) is 13.2. The average Bonchev–Trinajstić information content (AvgIpc) is 3.25. The fourth-order valence-electron chi connectivity index (χ4n) is 5.20. The molecule has 1 saturated heterocycles. The van der Waals surface area contributed by atoms with Crippen molar-refractivity contribution in [2.75, 3.05) is 38.2 Å². The molecule has 176 valence electrons. The summed E-state index contributed by atoms with van der Waals surface area (Å²) in [5.74, 6) is 1.35. The van der Waals surface area contributed by atoms with Crippen molar-refractivity contribution in [2.45, 2.75) is 64.3 Å². The normalized spacial score (nSPS) is 18.1. The van der Waals surface area contributed by atoms with Gasteiger partial charge in [-0.05, 0) is 48.4 Å². The summed E-state index contributed by atoms with van der Waals surface area (Å²) in [7, 11) is 0. The molecule has 2 aliphatic rings. The number of anilines is 1. The minimum Gasteiger partial charge on any atom is -0.379 e. The molecule has 5 rings (SSSR count). The number of unbranched alkanes of at least 4 members (excludes halogenated alkanes) is 1. The number of benzene rings is 1. The number of ether oxygens (including phenoxy) is 1. The number of fused-ring (bicyclic) bond motifs is 1. The smallest absolute Gasteiger partial charge is 0.223 e. The van der Waals surface area contributed by atoms with E-state index in [2.05, 4.69) is 57.2 Å². The lowest BCUT2D eigenvalue weighted by atomic mass is 9.85. The lowest BCUT2D eigenvalue weighted by Gasteiger charge is -2.26. The Hall–Kier alpha value is -2.44. The van der Waals surface area contributed by atoms with Crippen LogP contribution in [0.1, 0.15) is 68.9 Å². The highest BCUT2D eigenvalue weighted by molar-refractivity contribution is 5.82. The second-order valence-electron chi connectivity index (χ2n) is 9.55. The molecule has 0 spiro atoms. The van der Waals surface area contributed by atoms with Crippen molar-refractivity contribution in [3.8, 4) is 5.69 Å². The number of morpholine rings is 1. The highest BCUT2D eigenvalue weighted by atomic mass is 16.5. The van der Waals surface area contributed by atoms with Gasteiger partial charge in [0, 0.05) is 38.1 Å². The summed E-state index contributed by atoms with van der Waals surface area (Å²) in [6.45, 7) is 7.82. The summed E-state index contributed by atoms with van der Waals surface area (Å²) in [5, 5.41) is 3.42. The van der Waals surface area contributed by atoms with E-state index < -0.39 is 0 Å². The molecule has 0 radical (unpaired) electrons. The maximum Gasteiger partial charge on any atom is 0.223 e. The van der Waals surface area contributed by atoms with E-state index in [-0.39, 0.29) is 0 Å². The fourth-order valence-corrected chi connectivity index (χ4v) is 5.20. The predicted molar refractivity (Wildman–Crippen MR) is 134 cm³/mol. The lowest BCUT2D eigenvalue weighted by molar-refractivity contribution is 0.0342. The minimum absolute atomic E-state index is 0.599. The second-order valence-corrected chi connectivity index (χ2v) is 9.55. The Morgan fingerprint density at radius 1 is 1.06 bits per heavy atom. The third-order valence-corrected chi connectivity index (χ3v) is 7.15. The van der Waals surface area contributed by atoms with Crippen LogP contribution in [-0.2, 0) is 11.3 Å². The van der Waals surface area contributed by atoms with Gasteiger partial charge in [0.25, 0.3) is 0 Å². The summed E-state index contributed by atoms with van der Waals surface area (Å²) in [5.41, 5.74) is 6.15. The third kappa shape index (κ3) is 5.22. The van der Waals surface area contributed by atoms with E-state index in [4.69, 9.17) is 9.72 Å². The van der Waals surface area contributed by atoms with Gasteiger partial charge in [0.05, 0.1) is 30.4 Å². The van der Waals surface area contributed by atoms with E-state index in [0.29, 0.717) is 5.92 Å². The minimum atomic E-state index is 0.599. The Morgan fingerprint density at radius 3 is 2.61 bits per heavy atom. The molecule has 3 heterocycles. The van der Waals surface area contributed by atoms with Crippen molar-refractivity contribution in [1.29, 1.82) is 0 Å². The molecule has 0 amide bonds. The first kappa shape index (κ1) is 22.4. The van der Waals surface area contributed by atoms with Crippen LogP contribution in [0.3, 0.4) is 0 Å². The number of rotatable bonds is 8. The fraction of sp³-hybridized carbons (Fsp3) is 0.556. The zero-order chi connectivity index (χ0) is 22.5. The van der Waals surface area contributed by atoms with Crippen LogP contribution >= 0.6 is 0 Å². The van der Waals surface area contributed by atoms with Gasteiger partial charge in [-0.3, -0.25) is 4.90 Å². The largest absolute Gasteiger partial charge is 0.379 e. The topological polar surface area (TPSA) is 55.2 Å². The molecule has 6 heteroatoms. The van der Waals surface area contributed by atoms with Crippen LogP contribution in [0.2, 0.25) is 0 Å². The van der Waals surface area contributed by atoms with E-state index >= 15 is 0 Å². The maximum absolute atomic E-state index is 5.48. The Balaban J connectivity index is 1.44. The highest BCUT2D eigenvalue weighted by Gasteiger charge is 2.22. The number of aromatic nitrogens is 3. The van der Waals surface area contributed by atoms with E-state index in [1.807, 2.05) is 6.20 Å². The Kier molecular flexibility index (Phi) is 7.22. The molecule has 1 aliphatic heterocycles. The number of nitrogens with one attached hydrogen (secondary N) is 1. The van der Waals surface area contributed by atoms with Crippen LogP contribution in [-0.4, -0.2) is 52.3 Å². The van der Waals surface area contributed by atoms with Crippen LogP contribution in [0.15, 0.2) is 36.7 Å². The first-order chi connectivity index (χ1) is 16.3. The van der Waals surface area contributed by atoms with Gasteiger partial charge in [0.15, 0.2) is 0 Å². The lowest BCUT2D eigenvalue weighted by Crippen LogP contribution is -2.35. The Labute approximate surface area is 197 Å². The molecule has 2 aromatic heterocycles. The summed E-state index contributed by atoms with van der Waals surface area (Å²) < 4.78 is 7.78. The number of nitrogens with zero attached hydrogens (tertiary/aromatic N) is 4. The molecule has 1 aromatic carbocycles. The molecule has 1 saturated carbocycles. The molecule has 2 fully saturated rings. The molecular formula is C27H37N5O. The molecule has 1 N–H and O–H groups in total. The van der Waals surface area contributed by atoms with E-state index in [0.717, 1.165) is 62.8 Å². The number of hydrogen-bond acceptors (Lipinski definition) is 5.